The van der Waals surface area contributed by atoms with Crippen LogP contribution in [0.1, 0.15) is 5.56 Å². The summed E-state index contributed by atoms with van der Waals surface area (Å²) in [5.41, 5.74) is -0.726. The second kappa shape index (κ2) is 3.15. The van der Waals surface area contributed by atoms with Gasteiger partial charge in [-0.05, 0) is 29.0 Å². The molecule has 4 heteroatoms. The molecule has 2 aromatic rings. The molecule has 0 aromatic heterocycles. The van der Waals surface area contributed by atoms with E-state index in [9.17, 15) is 13.2 Å². The van der Waals surface area contributed by atoms with Crippen molar-refractivity contribution in [3.05, 3.63) is 42.0 Å². The molecule has 0 aliphatic heterocycles. The lowest BCUT2D eigenvalue weighted by Crippen LogP contribution is -2.05. The van der Waals surface area contributed by atoms with Crippen LogP contribution in [0.5, 0.6) is 5.75 Å². The van der Waals surface area contributed by atoms with Gasteiger partial charge in [0.05, 0.1) is 5.56 Å². The van der Waals surface area contributed by atoms with E-state index in [1.165, 1.54) is 18.2 Å². The fourth-order valence-electron chi connectivity index (χ4n) is 1.51. The molecule has 0 aliphatic rings. The van der Waals surface area contributed by atoms with Crippen LogP contribution in [0.2, 0.25) is 0 Å². The summed E-state index contributed by atoms with van der Waals surface area (Å²) in [5.74, 6) is -0.167. The lowest BCUT2D eigenvalue weighted by molar-refractivity contribution is -0.136. The van der Waals surface area contributed by atoms with Gasteiger partial charge in [0, 0.05) is 0 Å². The van der Waals surface area contributed by atoms with Crippen LogP contribution in [0.3, 0.4) is 0 Å². The van der Waals surface area contributed by atoms with Crippen molar-refractivity contribution in [2.24, 2.45) is 0 Å². The van der Waals surface area contributed by atoms with Crippen molar-refractivity contribution in [2.45, 2.75) is 6.18 Å². The molecule has 1 nitrogen and oxygen atoms in total. The third-order valence-electron chi connectivity index (χ3n) is 2.17. The molecule has 0 amide bonds. The van der Waals surface area contributed by atoms with E-state index in [0.29, 0.717) is 5.39 Å². The van der Waals surface area contributed by atoms with Crippen LogP contribution in [0, 0.1) is 0 Å². The predicted molar refractivity (Wildman–Crippen MR) is 50.6 cm³/mol. The zero-order chi connectivity index (χ0) is 11.1. The first-order valence-electron chi connectivity index (χ1n) is 4.27. The quantitative estimate of drug-likeness (QED) is 0.707. The van der Waals surface area contributed by atoms with Gasteiger partial charge in [-0.25, -0.2) is 0 Å². The minimum Gasteiger partial charge on any atom is -0.508 e. The second-order valence-corrected chi connectivity index (χ2v) is 3.21. The SMILES string of the molecule is Oc1ccc2cccc(C(F)(F)F)c2c1. The number of fused-ring (bicyclic) bond motifs is 1. The average Bonchev–Trinajstić information content (AvgIpc) is 2.15. The Morgan fingerprint density at radius 1 is 1.00 bits per heavy atom. The maximum absolute atomic E-state index is 12.6. The molecule has 0 saturated carbocycles. The number of benzene rings is 2. The Hall–Kier alpha value is -1.71. The van der Waals surface area contributed by atoms with E-state index in [0.717, 1.165) is 12.1 Å². The summed E-state index contributed by atoms with van der Waals surface area (Å²) in [7, 11) is 0. The summed E-state index contributed by atoms with van der Waals surface area (Å²) in [5, 5.41) is 9.63. The molecule has 0 unspecified atom stereocenters. The highest BCUT2D eigenvalue weighted by atomic mass is 19.4. The number of aromatic hydroxyl groups is 1. The number of alkyl halides is 3. The van der Waals surface area contributed by atoms with E-state index in [4.69, 9.17) is 5.11 Å². The first-order valence-corrected chi connectivity index (χ1v) is 4.27. The van der Waals surface area contributed by atoms with E-state index in [1.807, 2.05) is 0 Å². The van der Waals surface area contributed by atoms with E-state index >= 15 is 0 Å². The monoisotopic (exact) mass is 212 g/mol. The van der Waals surface area contributed by atoms with Gasteiger partial charge in [0.1, 0.15) is 5.75 Å². The fourth-order valence-corrected chi connectivity index (χ4v) is 1.51. The number of hydrogen-bond acceptors (Lipinski definition) is 1. The van der Waals surface area contributed by atoms with Gasteiger partial charge in [0.15, 0.2) is 0 Å². The summed E-state index contributed by atoms with van der Waals surface area (Å²) in [6.07, 6.45) is -4.40. The van der Waals surface area contributed by atoms with Crippen molar-refractivity contribution >= 4 is 10.8 Å². The first kappa shape index (κ1) is 9.83. The Morgan fingerprint density at radius 3 is 2.40 bits per heavy atom. The molecule has 0 aliphatic carbocycles. The zero-order valence-corrected chi connectivity index (χ0v) is 7.55. The Bertz CT molecular complexity index is 503. The van der Waals surface area contributed by atoms with Gasteiger partial charge >= 0.3 is 6.18 Å². The minimum atomic E-state index is -4.40. The van der Waals surface area contributed by atoms with Crippen LogP contribution in [-0.2, 0) is 6.18 Å². The Labute approximate surface area is 83.8 Å². The van der Waals surface area contributed by atoms with Crippen LogP contribution in [0.15, 0.2) is 36.4 Å². The van der Waals surface area contributed by atoms with Gasteiger partial charge in [-0.2, -0.15) is 13.2 Å². The van der Waals surface area contributed by atoms with Crippen LogP contribution in [0.25, 0.3) is 10.8 Å². The van der Waals surface area contributed by atoms with Crippen molar-refractivity contribution < 1.29 is 18.3 Å². The first-order chi connectivity index (χ1) is 6.98. The fraction of sp³-hybridized carbons (Fsp3) is 0.0909. The van der Waals surface area contributed by atoms with E-state index < -0.39 is 11.7 Å². The Morgan fingerprint density at radius 2 is 1.73 bits per heavy atom. The molecular formula is C11H7F3O. The maximum atomic E-state index is 12.6. The minimum absolute atomic E-state index is 0.0185. The molecule has 2 rings (SSSR count). The van der Waals surface area contributed by atoms with Crippen molar-refractivity contribution in [1.82, 2.24) is 0 Å². The van der Waals surface area contributed by atoms with Crippen molar-refractivity contribution in [3.8, 4) is 5.75 Å². The third kappa shape index (κ3) is 1.75. The number of hydrogen-bond donors (Lipinski definition) is 1. The molecule has 0 heterocycles. The highest BCUT2D eigenvalue weighted by Gasteiger charge is 2.32. The van der Waals surface area contributed by atoms with Crippen LogP contribution in [0.4, 0.5) is 13.2 Å². The van der Waals surface area contributed by atoms with Crippen LogP contribution in [-0.4, -0.2) is 5.11 Å². The molecule has 78 valence electrons. The molecule has 0 spiro atoms. The molecule has 0 fully saturated rings. The molecule has 2 aromatic carbocycles. The second-order valence-electron chi connectivity index (χ2n) is 3.21. The van der Waals surface area contributed by atoms with Crippen molar-refractivity contribution in [2.75, 3.05) is 0 Å². The van der Waals surface area contributed by atoms with E-state index in [-0.39, 0.29) is 11.1 Å². The molecule has 1 N–H and O–H groups in total. The van der Waals surface area contributed by atoms with Crippen molar-refractivity contribution in [1.29, 1.82) is 0 Å². The van der Waals surface area contributed by atoms with Gasteiger partial charge in [0.2, 0.25) is 0 Å². The number of rotatable bonds is 0. The molecule has 0 saturated heterocycles. The smallest absolute Gasteiger partial charge is 0.417 e. The molecule has 0 radical (unpaired) electrons. The van der Waals surface area contributed by atoms with Gasteiger partial charge in [-0.15, -0.1) is 0 Å². The lowest BCUT2D eigenvalue weighted by atomic mass is 10.0. The van der Waals surface area contributed by atoms with Crippen molar-refractivity contribution in [3.63, 3.8) is 0 Å². The molecule has 15 heavy (non-hydrogen) atoms. The molecular weight excluding hydrogens is 205 g/mol. The lowest BCUT2D eigenvalue weighted by Gasteiger charge is -2.10. The van der Waals surface area contributed by atoms with Gasteiger partial charge in [-0.1, -0.05) is 18.2 Å². The van der Waals surface area contributed by atoms with E-state index in [2.05, 4.69) is 0 Å². The standard InChI is InChI=1S/C11H7F3O/c12-11(13,14)10-3-1-2-7-4-5-8(15)6-9(7)10/h1-6,15H. The normalized spacial score (nSPS) is 11.9. The van der Waals surface area contributed by atoms with Gasteiger partial charge in [0.25, 0.3) is 0 Å². The van der Waals surface area contributed by atoms with E-state index in [1.54, 1.807) is 6.07 Å². The number of phenols is 1. The zero-order valence-electron chi connectivity index (χ0n) is 7.55. The highest BCUT2D eigenvalue weighted by molar-refractivity contribution is 5.87. The molecule has 0 atom stereocenters. The molecule has 0 bridgehead atoms. The maximum Gasteiger partial charge on any atom is 0.417 e. The summed E-state index contributed by atoms with van der Waals surface area (Å²) < 4.78 is 37.7. The Kier molecular flexibility index (Phi) is 2.07. The van der Waals surface area contributed by atoms with Gasteiger partial charge < -0.3 is 5.11 Å². The Balaban J connectivity index is 2.80. The summed E-state index contributed by atoms with van der Waals surface area (Å²) in [6, 6.07) is 7.87. The number of halogens is 3. The highest BCUT2D eigenvalue weighted by Crippen LogP contribution is 2.35. The summed E-state index contributed by atoms with van der Waals surface area (Å²) in [6.45, 7) is 0. The average molecular weight is 212 g/mol. The predicted octanol–water partition coefficient (Wildman–Crippen LogP) is 3.56. The summed E-state index contributed by atoms with van der Waals surface area (Å²) in [4.78, 5) is 0. The third-order valence-corrected chi connectivity index (χ3v) is 2.17. The van der Waals surface area contributed by atoms with Crippen LogP contribution >= 0.6 is 0 Å². The van der Waals surface area contributed by atoms with Gasteiger partial charge in [-0.3, -0.25) is 0 Å². The summed E-state index contributed by atoms with van der Waals surface area (Å²) >= 11 is 0. The number of phenolic OH excluding ortho intramolecular Hbond substituents is 1. The topological polar surface area (TPSA) is 20.2 Å². The van der Waals surface area contributed by atoms with Crippen LogP contribution < -0.4 is 0 Å². The largest absolute Gasteiger partial charge is 0.508 e.